The highest BCUT2D eigenvalue weighted by Gasteiger charge is 2.39. The Bertz CT molecular complexity index is 830. The molecule has 0 spiro atoms. The van der Waals surface area contributed by atoms with Crippen LogP contribution in [0.15, 0.2) is 89.8 Å². The number of methoxy groups -OCH3 is 1. The molecule has 3 rings (SSSR count). The van der Waals surface area contributed by atoms with Crippen LogP contribution < -0.4 is 4.74 Å². The lowest BCUT2D eigenvalue weighted by atomic mass is 9.99. The van der Waals surface area contributed by atoms with Gasteiger partial charge in [-0.05, 0) is 35.0 Å². The average Bonchev–Trinajstić information content (AvgIpc) is 2.70. The maximum absolute atomic E-state index is 8.05. The van der Waals surface area contributed by atoms with Gasteiger partial charge < -0.3 is 4.74 Å². The molecule has 0 radical (unpaired) electrons. The van der Waals surface area contributed by atoms with Crippen LogP contribution in [-0.4, -0.2) is 12.0 Å². The molecule has 0 aromatic heterocycles. The Balaban J connectivity index is 1.98. The van der Waals surface area contributed by atoms with Crippen molar-refractivity contribution < 1.29 is 4.74 Å². The minimum absolute atomic E-state index is 0.628. The van der Waals surface area contributed by atoms with Gasteiger partial charge in [0, 0.05) is 0 Å². The van der Waals surface area contributed by atoms with Crippen molar-refractivity contribution in [2.75, 3.05) is 7.11 Å². The van der Waals surface area contributed by atoms with Gasteiger partial charge in [0.05, 0.1) is 24.8 Å². The van der Waals surface area contributed by atoms with Crippen molar-refractivity contribution in [3.05, 3.63) is 107 Å². The summed E-state index contributed by atoms with van der Waals surface area (Å²) in [7, 11) is 1.67. The van der Waals surface area contributed by atoms with Crippen molar-refractivity contribution in [3.8, 4) is 5.75 Å². The minimum atomic E-state index is -0.628. The molecule has 0 aliphatic carbocycles. The first kappa shape index (κ1) is 18.1. The van der Waals surface area contributed by atoms with Crippen molar-refractivity contribution in [2.24, 2.45) is 0 Å². The van der Waals surface area contributed by atoms with Gasteiger partial charge in [0.1, 0.15) is 5.75 Å². The normalized spacial score (nSPS) is 10.9. The molecule has 0 saturated heterocycles. The summed E-state index contributed by atoms with van der Waals surface area (Å²) in [4.78, 5) is 4.51. The van der Waals surface area contributed by atoms with Crippen LogP contribution in [0.5, 0.6) is 5.75 Å². The van der Waals surface area contributed by atoms with E-state index in [0.29, 0.717) is 12.8 Å². The van der Waals surface area contributed by atoms with Gasteiger partial charge in [0.15, 0.2) is 0 Å². The summed E-state index contributed by atoms with van der Waals surface area (Å²) in [5.41, 5.74) is 2.34. The van der Waals surface area contributed by atoms with Gasteiger partial charge in [-0.25, -0.2) is 6.57 Å². The second-order valence-corrected chi connectivity index (χ2v) is 7.54. The number of hydrogen-bond acceptors (Lipinski definition) is 2. The molecule has 0 unspecified atom stereocenters. The van der Waals surface area contributed by atoms with Crippen LogP contribution in [0.3, 0.4) is 0 Å². The fourth-order valence-corrected chi connectivity index (χ4v) is 4.31. The van der Waals surface area contributed by atoms with E-state index in [1.54, 1.807) is 18.9 Å². The van der Waals surface area contributed by atoms with E-state index in [-0.39, 0.29) is 0 Å². The molecule has 0 aliphatic heterocycles. The molecule has 3 heteroatoms. The quantitative estimate of drug-likeness (QED) is 0.386. The highest BCUT2D eigenvalue weighted by Crippen LogP contribution is 2.43. The molecular formula is C23H21NOS. The zero-order valence-electron chi connectivity index (χ0n) is 14.8. The number of ether oxygens (including phenoxy) is 1. The number of rotatable bonds is 7. The number of thioether (sulfide) groups is 1. The Morgan fingerprint density at radius 1 is 0.808 bits per heavy atom. The first-order valence-electron chi connectivity index (χ1n) is 8.53. The lowest BCUT2D eigenvalue weighted by molar-refractivity contribution is 0.404. The Labute approximate surface area is 159 Å². The molecule has 0 atom stereocenters. The van der Waals surface area contributed by atoms with Crippen LogP contribution in [0.1, 0.15) is 11.1 Å². The van der Waals surface area contributed by atoms with Crippen molar-refractivity contribution in [1.82, 2.24) is 0 Å². The third-order valence-electron chi connectivity index (χ3n) is 4.22. The number of hydrogen-bond donors (Lipinski definition) is 0. The van der Waals surface area contributed by atoms with Gasteiger partial charge in [0.25, 0.3) is 4.87 Å². The molecule has 3 aromatic rings. The average molecular weight is 359 g/mol. The van der Waals surface area contributed by atoms with Crippen molar-refractivity contribution in [3.63, 3.8) is 0 Å². The lowest BCUT2D eigenvalue weighted by Crippen LogP contribution is -2.26. The maximum Gasteiger partial charge on any atom is 0.290 e. The molecule has 26 heavy (non-hydrogen) atoms. The van der Waals surface area contributed by atoms with Gasteiger partial charge in [-0.15, -0.1) is 0 Å². The second kappa shape index (κ2) is 8.60. The van der Waals surface area contributed by atoms with Crippen molar-refractivity contribution in [1.29, 1.82) is 0 Å². The van der Waals surface area contributed by atoms with E-state index in [1.165, 1.54) is 11.1 Å². The molecule has 0 heterocycles. The van der Waals surface area contributed by atoms with Gasteiger partial charge in [-0.2, -0.15) is 0 Å². The van der Waals surface area contributed by atoms with E-state index in [4.69, 9.17) is 11.3 Å². The smallest absolute Gasteiger partial charge is 0.290 e. The zero-order chi connectivity index (χ0) is 18.2. The molecule has 3 aromatic carbocycles. The zero-order valence-corrected chi connectivity index (χ0v) is 15.6. The molecule has 0 N–H and O–H groups in total. The summed E-state index contributed by atoms with van der Waals surface area (Å²) in [6, 6.07) is 28.4. The Morgan fingerprint density at radius 3 is 1.81 bits per heavy atom. The van der Waals surface area contributed by atoms with Crippen molar-refractivity contribution >= 4 is 11.8 Å². The van der Waals surface area contributed by atoms with E-state index in [9.17, 15) is 0 Å². The molecule has 0 amide bonds. The van der Waals surface area contributed by atoms with Crippen LogP contribution in [0.2, 0.25) is 0 Å². The van der Waals surface area contributed by atoms with Crippen molar-refractivity contribution in [2.45, 2.75) is 22.6 Å². The highest BCUT2D eigenvalue weighted by molar-refractivity contribution is 8.01. The van der Waals surface area contributed by atoms with E-state index >= 15 is 0 Å². The standard InChI is InChI=1S/C23H21NOS/c1-24-23(17-19-11-5-3-6-12-19,18-20-13-7-4-8-14-20)26-22-16-10-9-15-21(22)25-2/h3-16H,17-18H2,2H3. The molecule has 0 bridgehead atoms. The number of benzene rings is 3. The summed E-state index contributed by atoms with van der Waals surface area (Å²) in [5, 5.41) is 0. The fourth-order valence-electron chi connectivity index (χ4n) is 2.97. The summed E-state index contributed by atoms with van der Waals surface area (Å²) in [6.07, 6.45) is 1.35. The summed E-state index contributed by atoms with van der Waals surface area (Å²) in [6.45, 7) is 8.05. The van der Waals surface area contributed by atoms with E-state index in [2.05, 4.69) is 29.1 Å². The van der Waals surface area contributed by atoms with Crippen LogP contribution >= 0.6 is 11.8 Å². The van der Waals surface area contributed by atoms with E-state index < -0.39 is 4.87 Å². The largest absolute Gasteiger partial charge is 0.496 e. The fraction of sp³-hybridized carbons (Fsp3) is 0.174. The van der Waals surface area contributed by atoms with Gasteiger partial charge in [0.2, 0.25) is 0 Å². The molecule has 0 aliphatic rings. The van der Waals surface area contributed by atoms with Gasteiger partial charge in [-0.3, -0.25) is 4.85 Å². The van der Waals surface area contributed by atoms with E-state index in [1.807, 2.05) is 60.7 Å². The Hall–Kier alpha value is -2.70. The third-order valence-corrected chi connectivity index (χ3v) is 5.54. The predicted octanol–water partition coefficient (Wildman–Crippen LogP) is 5.89. The van der Waals surface area contributed by atoms with Crippen LogP contribution in [0.25, 0.3) is 4.85 Å². The summed E-state index contributed by atoms with van der Waals surface area (Å²) < 4.78 is 5.51. The number of nitrogens with zero attached hydrogens (tertiary/aromatic N) is 1. The summed E-state index contributed by atoms with van der Waals surface area (Å²) >= 11 is 1.60. The number of para-hydroxylation sites is 1. The lowest BCUT2D eigenvalue weighted by Gasteiger charge is -2.23. The van der Waals surface area contributed by atoms with Crippen LogP contribution in [-0.2, 0) is 12.8 Å². The van der Waals surface area contributed by atoms with E-state index in [0.717, 1.165) is 10.6 Å². The predicted molar refractivity (Wildman–Crippen MR) is 108 cm³/mol. The Kier molecular flexibility index (Phi) is 5.99. The summed E-state index contributed by atoms with van der Waals surface area (Å²) in [5.74, 6) is 0.812. The second-order valence-electron chi connectivity index (χ2n) is 6.14. The van der Waals surface area contributed by atoms with Gasteiger partial charge >= 0.3 is 0 Å². The molecule has 0 saturated carbocycles. The molecule has 130 valence electrons. The first-order chi connectivity index (χ1) is 12.7. The van der Waals surface area contributed by atoms with Crippen LogP contribution in [0.4, 0.5) is 0 Å². The van der Waals surface area contributed by atoms with Crippen LogP contribution in [0, 0.1) is 6.57 Å². The van der Waals surface area contributed by atoms with Gasteiger partial charge in [-0.1, -0.05) is 72.8 Å². The SMILES string of the molecule is [C-]#[N+]C(Cc1ccccc1)(Cc1ccccc1)Sc1ccccc1OC. The minimum Gasteiger partial charge on any atom is -0.496 e. The molecular weight excluding hydrogens is 338 g/mol. The Morgan fingerprint density at radius 2 is 1.31 bits per heavy atom. The topological polar surface area (TPSA) is 13.6 Å². The maximum atomic E-state index is 8.05. The molecule has 2 nitrogen and oxygen atoms in total. The third kappa shape index (κ3) is 4.47. The highest BCUT2D eigenvalue weighted by atomic mass is 32.2. The molecule has 0 fully saturated rings. The first-order valence-corrected chi connectivity index (χ1v) is 9.35. The monoisotopic (exact) mass is 359 g/mol.